The van der Waals surface area contributed by atoms with E-state index in [4.69, 9.17) is 9.47 Å². The molecule has 2 heterocycles. The van der Waals surface area contributed by atoms with Crippen LogP contribution in [0.3, 0.4) is 0 Å². The number of carbonyl (C=O) groups is 1. The SMILES string of the molecule is CC(=O)N1CCN(Cc2cccc(OCCN3CCCCC3)c2)C[C@](O)(COc2ccc(C)cc2)C1. The predicted molar refractivity (Wildman–Crippen MR) is 141 cm³/mol. The molecule has 196 valence electrons. The lowest BCUT2D eigenvalue weighted by molar-refractivity contribution is -0.132. The highest BCUT2D eigenvalue weighted by atomic mass is 16.5. The van der Waals surface area contributed by atoms with Gasteiger partial charge in [0.05, 0.1) is 6.54 Å². The highest BCUT2D eigenvalue weighted by Gasteiger charge is 2.37. The molecular formula is C29H41N3O4. The average Bonchev–Trinajstić information content (AvgIpc) is 3.04. The number of carbonyl (C=O) groups excluding carboxylic acids is 1. The van der Waals surface area contributed by atoms with E-state index in [9.17, 15) is 9.90 Å². The molecule has 7 nitrogen and oxygen atoms in total. The third-order valence-corrected chi connectivity index (χ3v) is 7.09. The fourth-order valence-corrected chi connectivity index (χ4v) is 5.06. The summed E-state index contributed by atoms with van der Waals surface area (Å²) in [5, 5.41) is 11.5. The molecule has 2 aliphatic heterocycles. The highest BCUT2D eigenvalue weighted by Crippen LogP contribution is 2.22. The topological polar surface area (TPSA) is 65.5 Å². The van der Waals surface area contributed by atoms with Crippen molar-refractivity contribution in [3.63, 3.8) is 0 Å². The minimum Gasteiger partial charge on any atom is -0.492 e. The Balaban J connectivity index is 1.36. The van der Waals surface area contributed by atoms with E-state index in [-0.39, 0.29) is 19.1 Å². The van der Waals surface area contributed by atoms with Crippen molar-refractivity contribution in [1.82, 2.24) is 14.7 Å². The molecule has 7 heteroatoms. The maximum absolute atomic E-state index is 12.2. The Bertz CT molecular complexity index is 977. The van der Waals surface area contributed by atoms with Crippen LogP contribution in [0.1, 0.15) is 37.3 Å². The Labute approximate surface area is 215 Å². The normalized spacial score (nSPS) is 21.7. The number of likely N-dealkylation sites (tertiary alicyclic amines) is 1. The minimum absolute atomic E-state index is 0.0327. The number of β-amino-alcohol motifs (C(OH)–C–C–N with tert-alkyl or cyclic N) is 1. The van der Waals surface area contributed by atoms with Crippen molar-refractivity contribution in [2.45, 2.75) is 45.3 Å². The van der Waals surface area contributed by atoms with Gasteiger partial charge >= 0.3 is 0 Å². The molecule has 0 spiro atoms. The highest BCUT2D eigenvalue weighted by molar-refractivity contribution is 5.73. The molecule has 1 amide bonds. The Morgan fingerprint density at radius 2 is 1.69 bits per heavy atom. The van der Waals surface area contributed by atoms with Gasteiger partial charge in [-0.25, -0.2) is 0 Å². The number of amides is 1. The lowest BCUT2D eigenvalue weighted by Gasteiger charge is -2.32. The molecule has 2 aromatic carbocycles. The van der Waals surface area contributed by atoms with E-state index in [1.807, 2.05) is 43.3 Å². The van der Waals surface area contributed by atoms with E-state index in [0.717, 1.165) is 23.4 Å². The Morgan fingerprint density at radius 3 is 2.44 bits per heavy atom. The molecule has 0 saturated carbocycles. The van der Waals surface area contributed by atoms with E-state index >= 15 is 0 Å². The second kappa shape index (κ2) is 12.6. The largest absolute Gasteiger partial charge is 0.492 e. The second-order valence-corrected chi connectivity index (χ2v) is 10.4. The van der Waals surface area contributed by atoms with Crippen LogP contribution in [-0.2, 0) is 11.3 Å². The number of aryl methyl sites for hydroxylation is 1. The van der Waals surface area contributed by atoms with Crippen molar-refractivity contribution < 1.29 is 19.4 Å². The van der Waals surface area contributed by atoms with Crippen LogP contribution in [0.2, 0.25) is 0 Å². The number of hydrogen-bond acceptors (Lipinski definition) is 6. The van der Waals surface area contributed by atoms with Crippen molar-refractivity contribution in [3.05, 3.63) is 59.7 Å². The maximum atomic E-state index is 12.2. The first-order valence-corrected chi connectivity index (χ1v) is 13.2. The van der Waals surface area contributed by atoms with Gasteiger partial charge in [0.15, 0.2) is 0 Å². The first-order valence-electron chi connectivity index (χ1n) is 13.2. The van der Waals surface area contributed by atoms with Crippen molar-refractivity contribution >= 4 is 5.91 Å². The third-order valence-electron chi connectivity index (χ3n) is 7.09. The van der Waals surface area contributed by atoms with E-state index < -0.39 is 5.60 Å². The van der Waals surface area contributed by atoms with Gasteiger partial charge in [-0.2, -0.15) is 0 Å². The van der Waals surface area contributed by atoms with Crippen LogP contribution >= 0.6 is 0 Å². The number of hydrogen-bond donors (Lipinski definition) is 1. The van der Waals surface area contributed by atoms with Gasteiger partial charge in [0.2, 0.25) is 5.91 Å². The zero-order valence-corrected chi connectivity index (χ0v) is 21.8. The molecule has 0 radical (unpaired) electrons. The van der Waals surface area contributed by atoms with Crippen LogP contribution in [0.15, 0.2) is 48.5 Å². The number of piperidine rings is 1. The standard InChI is InChI=1S/C29H41N3O4/c1-24-9-11-27(12-10-24)36-23-29(34)21-31(15-16-32(22-29)25(2)33)20-26-7-6-8-28(19-26)35-18-17-30-13-4-3-5-14-30/h6-12,19,34H,3-5,13-18,20-23H2,1-2H3/t29-/m1/s1. The van der Waals surface area contributed by atoms with E-state index in [1.54, 1.807) is 11.8 Å². The Morgan fingerprint density at radius 1 is 0.917 bits per heavy atom. The molecule has 2 aliphatic rings. The number of benzene rings is 2. The molecule has 2 aromatic rings. The molecule has 2 saturated heterocycles. The van der Waals surface area contributed by atoms with Crippen LogP contribution < -0.4 is 9.47 Å². The van der Waals surface area contributed by atoms with Crippen molar-refractivity contribution in [3.8, 4) is 11.5 Å². The fraction of sp³-hybridized carbons (Fsp3) is 0.552. The molecule has 36 heavy (non-hydrogen) atoms. The second-order valence-electron chi connectivity index (χ2n) is 10.4. The Hall–Kier alpha value is -2.61. The van der Waals surface area contributed by atoms with Gasteiger partial charge in [-0.15, -0.1) is 0 Å². The molecule has 0 bridgehead atoms. The van der Waals surface area contributed by atoms with Crippen molar-refractivity contribution in [1.29, 1.82) is 0 Å². The lowest BCUT2D eigenvalue weighted by atomic mass is 10.0. The first-order chi connectivity index (χ1) is 17.4. The van der Waals surface area contributed by atoms with Crippen LogP contribution in [0.4, 0.5) is 0 Å². The van der Waals surface area contributed by atoms with Gasteiger partial charge in [-0.3, -0.25) is 14.6 Å². The van der Waals surface area contributed by atoms with Crippen LogP contribution in [-0.4, -0.2) is 90.3 Å². The zero-order chi connectivity index (χ0) is 25.4. The smallest absolute Gasteiger partial charge is 0.219 e. The summed E-state index contributed by atoms with van der Waals surface area (Å²) in [6.07, 6.45) is 3.91. The van der Waals surface area contributed by atoms with Gasteiger partial charge in [-0.05, 0) is 62.7 Å². The number of ether oxygens (including phenoxy) is 2. The average molecular weight is 496 g/mol. The molecule has 2 fully saturated rings. The lowest BCUT2D eigenvalue weighted by Crippen LogP contribution is -2.51. The van der Waals surface area contributed by atoms with Crippen LogP contribution in [0, 0.1) is 6.92 Å². The summed E-state index contributed by atoms with van der Waals surface area (Å²) in [7, 11) is 0. The summed E-state index contributed by atoms with van der Waals surface area (Å²) in [6, 6.07) is 16.0. The summed E-state index contributed by atoms with van der Waals surface area (Å²) in [5.74, 6) is 1.56. The van der Waals surface area contributed by atoms with Crippen LogP contribution in [0.25, 0.3) is 0 Å². The maximum Gasteiger partial charge on any atom is 0.219 e. The number of rotatable bonds is 9. The molecule has 1 N–H and O–H groups in total. The molecular weight excluding hydrogens is 454 g/mol. The summed E-state index contributed by atoms with van der Waals surface area (Å²) < 4.78 is 12.0. The van der Waals surface area contributed by atoms with Gasteiger partial charge in [0.25, 0.3) is 0 Å². The minimum atomic E-state index is -1.17. The predicted octanol–water partition coefficient (Wildman–Crippen LogP) is 3.33. The molecule has 1 atom stereocenters. The summed E-state index contributed by atoms with van der Waals surface area (Å²) in [6.45, 7) is 10.3. The summed E-state index contributed by atoms with van der Waals surface area (Å²) >= 11 is 0. The monoisotopic (exact) mass is 495 g/mol. The quantitative estimate of drug-likeness (QED) is 0.576. The fourth-order valence-electron chi connectivity index (χ4n) is 5.06. The first kappa shape index (κ1) is 26.5. The van der Waals surface area contributed by atoms with Gasteiger partial charge in [-0.1, -0.05) is 36.2 Å². The van der Waals surface area contributed by atoms with E-state index in [2.05, 4.69) is 21.9 Å². The summed E-state index contributed by atoms with van der Waals surface area (Å²) in [4.78, 5) is 18.6. The molecule has 4 rings (SSSR count). The van der Waals surface area contributed by atoms with Crippen molar-refractivity contribution in [2.75, 3.05) is 59.0 Å². The van der Waals surface area contributed by atoms with Gasteiger partial charge < -0.3 is 19.5 Å². The third kappa shape index (κ3) is 7.95. The van der Waals surface area contributed by atoms with Gasteiger partial charge in [0.1, 0.15) is 30.3 Å². The zero-order valence-electron chi connectivity index (χ0n) is 21.8. The Kier molecular flexibility index (Phi) is 9.24. The van der Waals surface area contributed by atoms with Crippen molar-refractivity contribution in [2.24, 2.45) is 0 Å². The van der Waals surface area contributed by atoms with Crippen LogP contribution in [0.5, 0.6) is 11.5 Å². The molecule has 0 unspecified atom stereocenters. The number of nitrogens with zero attached hydrogens (tertiary/aromatic N) is 3. The van der Waals surface area contributed by atoms with E-state index in [1.165, 1.54) is 32.4 Å². The molecule has 0 aromatic heterocycles. The number of aliphatic hydroxyl groups is 1. The molecule has 0 aliphatic carbocycles. The van der Waals surface area contributed by atoms with E-state index in [0.29, 0.717) is 38.5 Å². The van der Waals surface area contributed by atoms with Gasteiger partial charge in [0, 0.05) is 39.6 Å². The summed E-state index contributed by atoms with van der Waals surface area (Å²) in [5.41, 5.74) is 1.11.